The molecule has 0 radical (unpaired) electrons. The van der Waals surface area contributed by atoms with Gasteiger partial charge in [-0.25, -0.2) is 4.98 Å². The van der Waals surface area contributed by atoms with Crippen LogP contribution in [0.15, 0.2) is 6.07 Å². The van der Waals surface area contributed by atoms with Crippen molar-refractivity contribution in [1.82, 2.24) is 13.7 Å². The lowest BCUT2D eigenvalue weighted by atomic mass is 10.2. The number of aromatic nitrogens is 2. The first-order valence-corrected chi connectivity index (χ1v) is 5.74. The van der Waals surface area contributed by atoms with Gasteiger partial charge in [-0.2, -0.15) is 0 Å². The summed E-state index contributed by atoms with van der Waals surface area (Å²) in [6.07, 6.45) is 1.07. The lowest BCUT2D eigenvalue weighted by molar-refractivity contribution is 0.307. The van der Waals surface area contributed by atoms with E-state index in [-0.39, 0.29) is 0 Å². The minimum absolute atomic E-state index is 0.814. The third-order valence-electron chi connectivity index (χ3n) is 2.61. The maximum atomic E-state index is 5.94. The first-order chi connectivity index (χ1) is 6.74. The maximum Gasteiger partial charge on any atom is 0.149 e. The van der Waals surface area contributed by atoms with Gasteiger partial charge < -0.3 is 4.90 Å². The number of fused-ring (bicyclic) bond motifs is 3. The Morgan fingerprint density at radius 2 is 2.43 bits per heavy atom. The molecule has 0 saturated heterocycles. The van der Waals surface area contributed by atoms with Gasteiger partial charge in [0.2, 0.25) is 0 Å². The third-order valence-corrected chi connectivity index (χ3v) is 3.81. The molecule has 3 rings (SSSR count). The van der Waals surface area contributed by atoms with E-state index in [1.807, 2.05) is 6.07 Å². The largest absolute Gasteiger partial charge is 0.300 e. The quantitative estimate of drug-likeness (QED) is 0.687. The molecule has 1 aliphatic rings. The van der Waals surface area contributed by atoms with Crippen LogP contribution in [-0.2, 0) is 13.0 Å². The molecule has 74 valence electrons. The Bertz CT molecular complexity index is 487. The highest BCUT2D eigenvalue weighted by Crippen LogP contribution is 2.27. The van der Waals surface area contributed by atoms with E-state index >= 15 is 0 Å². The minimum atomic E-state index is 0.814. The van der Waals surface area contributed by atoms with Crippen molar-refractivity contribution in [2.24, 2.45) is 0 Å². The molecule has 0 unspecified atom stereocenters. The summed E-state index contributed by atoms with van der Waals surface area (Å²) in [7, 11) is 2.13. The number of rotatable bonds is 0. The van der Waals surface area contributed by atoms with Crippen LogP contribution < -0.4 is 0 Å². The van der Waals surface area contributed by atoms with Crippen LogP contribution in [0.25, 0.3) is 5.65 Å². The second kappa shape index (κ2) is 2.95. The van der Waals surface area contributed by atoms with Crippen LogP contribution in [0.1, 0.15) is 11.4 Å². The Morgan fingerprint density at radius 1 is 1.57 bits per heavy atom. The summed E-state index contributed by atoms with van der Waals surface area (Å²) in [4.78, 5) is 6.86. The highest BCUT2D eigenvalue weighted by molar-refractivity contribution is 7.11. The zero-order valence-electron chi connectivity index (χ0n) is 7.83. The summed E-state index contributed by atoms with van der Waals surface area (Å²) >= 11 is 7.52. The van der Waals surface area contributed by atoms with Crippen molar-refractivity contribution in [3.05, 3.63) is 21.8 Å². The molecule has 2 aromatic rings. The number of halogens is 1. The fourth-order valence-corrected chi connectivity index (χ4v) is 3.05. The van der Waals surface area contributed by atoms with E-state index in [0.717, 1.165) is 29.5 Å². The minimum Gasteiger partial charge on any atom is -0.300 e. The second-order valence-electron chi connectivity index (χ2n) is 3.69. The van der Waals surface area contributed by atoms with E-state index in [1.165, 1.54) is 11.4 Å². The third kappa shape index (κ3) is 1.18. The van der Waals surface area contributed by atoms with Gasteiger partial charge in [0, 0.05) is 25.6 Å². The molecular weight excluding hydrogens is 218 g/mol. The summed E-state index contributed by atoms with van der Waals surface area (Å²) in [5.41, 5.74) is 3.55. The average molecular weight is 228 g/mol. The van der Waals surface area contributed by atoms with Gasteiger partial charge in [0.1, 0.15) is 9.98 Å². The van der Waals surface area contributed by atoms with Crippen molar-refractivity contribution in [3.8, 4) is 0 Å². The van der Waals surface area contributed by atoms with Crippen molar-refractivity contribution in [1.29, 1.82) is 0 Å². The number of imidazole rings is 1. The highest BCUT2D eigenvalue weighted by Gasteiger charge is 2.20. The summed E-state index contributed by atoms with van der Waals surface area (Å²) in [6.45, 7) is 2.07. The lowest BCUT2D eigenvalue weighted by Gasteiger charge is -2.20. The number of nitrogens with zero attached hydrogens (tertiary/aromatic N) is 3. The molecule has 14 heavy (non-hydrogen) atoms. The molecular formula is C9H10ClN3S. The van der Waals surface area contributed by atoms with E-state index in [4.69, 9.17) is 11.6 Å². The predicted octanol–water partition coefficient (Wildman–Crippen LogP) is 2.04. The standard InChI is InChI=1S/C9H10ClN3S/c1-12-3-2-7-6(5-12)11-9-4-8(10)14-13(7)9/h4H,2-3,5H2,1H3. The van der Waals surface area contributed by atoms with Crippen molar-refractivity contribution >= 4 is 28.8 Å². The van der Waals surface area contributed by atoms with Gasteiger partial charge in [-0.3, -0.25) is 3.79 Å². The lowest BCUT2D eigenvalue weighted by Crippen LogP contribution is -2.26. The Kier molecular flexibility index (Phi) is 1.84. The Hall–Kier alpha value is -0.580. The van der Waals surface area contributed by atoms with Crippen LogP contribution in [0, 0.1) is 0 Å². The van der Waals surface area contributed by atoms with Gasteiger partial charge in [-0.1, -0.05) is 11.6 Å². The van der Waals surface area contributed by atoms with E-state index < -0.39 is 0 Å². The van der Waals surface area contributed by atoms with E-state index in [1.54, 1.807) is 11.5 Å². The number of hydrogen-bond donors (Lipinski definition) is 0. The second-order valence-corrected chi connectivity index (χ2v) is 5.30. The van der Waals surface area contributed by atoms with Gasteiger partial charge in [0.05, 0.1) is 11.4 Å². The van der Waals surface area contributed by atoms with E-state index in [2.05, 4.69) is 20.7 Å². The zero-order valence-corrected chi connectivity index (χ0v) is 9.40. The zero-order chi connectivity index (χ0) is 9.71. The average Bonchev–Trinajstić information content (AvgIpc) is 2.59. The van der Waals surface area contributed by atoms with E-state index in [9.17, 15) is 0 Å². The normalized spacial score (nSPS) is 17.6. The molecule has 0 amide bonds. The van der Waals surface area contributed by atoms with Crippen molar-refractivity contribution in [2.75, 3.05) is 13.6 Å². The van der Waals surface area contributed by atoms with Crippen LogP contribution in [0.4, 0.5) is 0 Å². The molecule has 2 aromatic heterocycles. The molecule has 0 bridgehead atoms. The number of hydrogen-bond acceptors (Lipinski definition) is 3. The SMILES string of the molecule is CN1CCc2c(nc3cc(Cl)sn23)C1. The topological polar surface area (TPSA) is 20.5 Å². The van der Waals surface area contributed by atoms with Crippen molar-refractivity contribution in [3.63, 3.8) is 0 Å². The molecule has 0 aromatic carbocycles. The summed E-state index contributed by atoms with van der Waals surface area (Å²) < 4.78 is 2.97. The van der Waals surface area contributed by atoms with Crippen LogP contribution in [0.3, 0.4) is 0 Å². The highest BCUT2D eigenvalue weighted by atomic mass is 35.5. The maximum absolute atomic E-state index is 5.94. The van der Waals surface area contributed by atoms with E-state index in [0.29, 0.717) is 0 Å². The monoisotopic (exact) mass is 227 g/mol. The molecule has 0 saturated carbocycles. The molecule has 0 aliphatic carbocycles. The van der Waals surface area contributed by atoms with Crippen LogP contribution in [-0.4, -0.2) is 27.3 Å². The first kappa shape index (κ1) is 8.71. The molecule has 5 heteroatoms. The summed E-state index contributed by atoms with van der Waals surface area (Å²) in [5, 5.41) is 0. The molecule has 3 heterocycles. The van der Waals surface area contributed by atoms with Crippen LogP contribution >= 0.6 is 23.1 Å². The molecule has 3 nitrogen and oxygen atoms in total. The Morgan fingerprint density at radius 3 is 3.29 bits per heavy atom. The van der Waals surface area contributed by atoms with Gasteiger partial charge in [0.25, 0.3) is 0 Å². The molecule has 0 N–H and O–H groups in total. The first-order valence-electron chi connectivity index (χ1n) is 4.58. The fraction of sp³-hybridized carbons (Fsp3) is 0.444. The molecule has 1 aliphatic heterocycles. The van der Waals surface area contributed by atoms with Gasteiger partial charge in [-0.05, 0) is 18.6 Å². The summed E-state index contributed by atoms with van der Waals surface area (Å²) in [5.74, 6) is 0. The van der Waals surface area contributed by atoms with Crippen molar-refractivity contribution in [2.45, 2.75) is 13.0 Å². The molecule has 0 fully saturated rings. The van der Waals surface area contributed by atoms with Gasteiger partial charge in [-0.15, -0.1) is 0 Å². The number of likely N-dealkylation sites (N-methyl/N-ethyl adjacent to an activating group) is 1. The Balaban J connectivity index is 2.21. The molecule has 0 spiro atoms. The molecule has 0 atom stereocenters. The van der Waals surface area contributed by atoms with Crippen molar-refractivity contribution < 1.29 is 0 Å². The summed E-state index contributed by atoms with van der Waals surface area (Å²) in [6, 6.07) is 1.94. The predicted molar refractivity (Wildman–Crippen MR) is 58.1 cm³/mol. The Labute approximate surface area is 91.1 Å². The van der Waals surface area contributed by atoms with Gasteiger partial charge in [0.15, 0.2) is 0 Å². The van der Waals surface area contributed by atoms with Gasteiger partial charge >= 0.3 is 0 Å². The fourth-order valence-electron chi connectivity index (χ4n) is 1.92. The van der Waals surface area contributed by atoms with Crippen LogP contribution in [0.2, 0.25) is 4.34 Å². The smallest absolute Gasteiger partial charge is 0.149 e. The van der Waals surface area contributed by atoms with Crippen LogP contribution in [0.5, 0.6) is 0 Å².